The fourth-order valence-electron chi connectivity index (χ4n) is 2.74. The van der Waals surface area contributed by atoms with E-state index in [1.54, 1.807) is 4.68 Å². The van der Waals surface area contributed by atoms with Gasteiger partial charge in [-0.2, -0.15) is 5.10 Å². The van der Waals surface area contributed by atoms with Crippen molar-refractivity contribution in [1.82, 2.24) is 9.78 Å². The first kappa shape index (κ1) is 17.0. The SMILES string of the molecule is Cc1cc(C)c(NC(=O)Nc2cc(-c3ccccc3)n(C)n2)c(Cl)c1. The molecule has 0 bridgehead atoms. The highest BCUT2D eigenvalue weighted by atomic mass is 35.5. The van der Waals surface area contributed by atoms with Crippen LogP contribution >= 0.6 is 11.6 Å². The molecule has 1 heterocycles. The Balaban J connectivity index is 1.76. The maximum Gasteiger partial charge on any atom is 0.324 e. The lowest BCUT2D eigenvalue weighted by molar-refractivity contribution is 0.262. The normalized spacial score (nSPS) is 10.6. The van der Waals surface area contributed by atoms with E-state index in [4.69, 9.17) is 11.6 Å². The molecule has 5 nitrogen and oxygen atoms in total. The van der Waals surface area contributed by atoms with E-state index in [0.717, 1.165) is 22.4 Å². The highest BCUT2D eigenvalue weighted by Gasteiger charge is 2.12. The lowest BCUT2D eigenvalue weighted by Crippen LogP contribution is -2.20. The Kier molecular flexibility index (Phi) is 4.76. The minimum Gasteiger partial charge on any atom is -0.306 e. The van der Waals surface area contributed by atoms with Crippen molar-refractivity contribution in [2.45, 2.75) is 13.8 Å². The van der Waals surface area contributed by atoms with Gasteiger partial charge in [-0.3, -0.25) is 10.00 Å². The van der Waals surface area contributed by atoms with Crippen LogP contribution in [0.4, 0.5) is 16.3 Å². The molecule has 0 aliphatic heterocycles. The van der Waals surface area contributed by atoms with Crippen molar-refractivity contribution in [3.05, 3.63) is 64.7 Å². The van der Waals surface area contributed by atoms with E-state index in [1.165, 1.54) is 0 Å². The number of carbonyl (C=O) groups is 1. The van der Waals surface area contributed by atoms with Gasteiger partial charge in [0.15, 0.2) is 5.82 Å². The van der Waals surface area contributed by atoms with Gasteiger partial charge in [-0.15, -0.1) is 0 Å². The van der Waals surface area contributed by atoms with Crippen molar-refractivity contribution in [1.29, 1.82) is 0 Å². The highest BCUT2D eigenvalue weighted by Crippen LogP contribution is 2.27. The van der Waals surface area contributed by atoms with Gasteiger partial charge >= 0.3 is 6.03 Å². The van der Waals surface area contributed by atoms with Crippen LogP contribution in [-0.4, -0.2) is 15.8 Å². The fraction of sp³-hybridized carbons (Fsp3) is 0.158. The van der Waals surface area contributed by atoms with E-state index >= 15 is 0 Å². The third-order valence-electron chi connectivity index (χ3n) is 3.86. The molecule has 0 saturated heterocycles. The van der Waals surface area contributed by atoms with Crippen LogP contribution in [0.1, 0.15) is 11.1 Å². The summed E-state index contributed by atoms with van der Waals surface area (Å²) in [5.74, 6) is 0.472. The molecule has 0 fully saturated rings. The number of carbonyl (C=O) groups excluding carboxylic acids is 1. The van der Waals surface area contributed by atoms with Crippen molar-refractivity contribution < 1.29 is 4.79 Å². The van der Waals surface area contributed by atoms with E-state index in [-0.39, 0.29) is 6.03 Å². The number of hydrogen-bond acceptors (Lipinski definition) is 2. The minimum absolute atomic E-state index is 0.383. The Hall–Kier alpha value is -2.79. The number of rotatable bonds is 3. The molecule has 0 aliphatic carbocycles. The van der Waals surface area contributed by atoms with Gasteiger partial charge in [-0.05, 0) is 36.6 Å². The van der Waals surface area contributed by atoms with Gasteiger partial charge < -0.3 is 5.32 Å². The van der Waals surface area contributed by atoms with E-state index in [2.05, 4.69) is 15.7 Å². The molecule has 2 amide bonds. The number of nitrogens with zero attached hydrogens (tertiary/aromatic N) is 2. The van der Waals surface area contributed by atoms with E-state index < -0.39 is 0 Å². The molecule has 25 heavy (non-hydrogen) atoms. The second-order valence-corrected chi connectivity index (χ2v) is 6.33. The highest BCUT2D eigenvalue weighted by molar-refractivity contribution is 6.34. The van der Waals surface area contributed by atoms with Gasteiger partial charge in [0.25, 0.3) is 0 Å². The van der Waals surface area contributed by atoms with Gasteiger partial charge in [-0.25, -0.2) is 4.79 Å². The van der Waals surface area contributed by atoms with Crippen LogP contribution in [0, 0.1) is 13.8 Å². The zero-order chi connectivity index (χ0) is 18.0. The summed E-state index contributed by atoms with van der Waals surface area (Å²) in [6, 6.07) is 15.1. The van der Waals surface area contributed by atoms with Crippen LogP contribution in [0.5, 0.6) is 0 Å². The molecular formula is C19H19ClN4O. The van der Waals surface area contributed by atoms with Crippen molar-refractivity contribution >= 4 is 29.1 Å². The molecule has 0 unspecified atom stereocenters. The first-order valence-electron chi connectivity index (χ1n) is 7.88. The summed E-state index contributed by atoms with van der Waals surface area (Å²) in [7, 11) is 1.84. The van der Waals surface area contributed by atoms with Crippen LogP contribution in [0.2, 0.25) is 5.02 Å². The monoisotopic (exact) mass is 354 g/mol. The van der Waals surface area contributed by atoms with Gasteiger partial charge in [0.05, 0.1) is 16.4 Å². The molecule has 0 atom stereocenters. The molecule has 1 aromatic heterocycles. The number of anilines is 2. The quantitative estimate of drug-likeness (QED) is 0.695. The number of amides is 2. The zero-order valence-corrected chi connectivity index (χ0v) is 15.1. The van der Waals surface area contributed by atoms with Crippen LogP contribution < -0.4 is 10.6 Å². The summed E-state index contributed by atoms with van der Waals surface area (Å²) in [6.07, 6.45) is 0. The van der Waals surface area contributed by atoms with Crippen molar-refractivity contribution in [3.8, 4) is 11.3 Å². The summed E-state index contributed by atoms with van der Waals surface area (Å²) >= 11 is 6.23. The smallest absolute Gasteiger partial charge is 0.306 e. The summed E-state index contributed by atoms with van der Waals surface area (Å²) in [4.78, 5) is 12.3. The molecule has 3 aromatic rings. The van der Waals surface area contributed by atoms with Gasteiger partial charge in [0.1, 0.15) is 0 Å². The third-order valence-corrected chi connectivity index (χ3v) is 4.16. The van der Waals surface area contributed by atoms with E-state index in [9.17, 15) is 4.79 Å². The van der Waals surface area contributed by atoms with Crippen LogP contribution in [0.25, 0.3) is 11.3 Å². The molecule has 6 heteroatoms. The number of aromatic nitrogens is 2. The molecule has 0 saturated carbocycles. The number of hydrogen-bond donors (Lipinski definition) is 2. The van der Waals surface area contributed by atoms with Crippen molar-refractivity contribution in [3.63, 3.8) is 0 Å². The average molecular weight is 355 g/mol. The Labute approximate surface area is 151 Å². The van der Waals surface area contributed by atoms with Crippen LogP contribution in [0.15, 0.2) is 48.5 Å². The fourth-order valence-corrected chi connectivity index (χ4v) is 3.11. The lowest BCUT2D eigenvalue weighted by atomic mass is 10.1. The molecule has 128 valence electrons. The number of aryl methyl sites for hydroxylation is 3. The first-order valence-corrected chi connectivity index (χ1v) is 8.26. The summed E-state index contributed by atoms with van der Waals surface area (Å²) in [5.41, 5.74) is 4.50. The van der Waals surface area contributed by atoms with Gasteiger partial charge in [0.2, 0.25) is 0 Å². The maximum atomic E-state index is 12.3. The standard InChI is InChI=1S/C19H19ClN4O/c1-12-9-13(2)18(15(20)10-12)22-19(25)21-17-11-16(24(3)23-17)14-7-5-4-6-8-14/h4-11H,1-3H3,(H2,21,22,23,25). The van der Waals surface area contributed by atoms with Crippen LogP contribution in [-0.2, 0) is 7.05 Å². The first-order chi connectivity index (χ1) is 11.9. The second kappa shape index (κ2) is 6.99. The largest absolute Gasteiger partial charge is 0.324 e. The summed E-state index contributed by atoms with van der Waals surface area (Å²) in [5, 5.41) is 10.4. The number of nitrogens with one attached hydrogen (secondary N) is 2. The maximum absolute atomic E-state index is 12.3. The Morgan fingerprint density at radius 1 is 1.08 bits per heavy atom. The molecule has 0 spiro atoms. The summed E-state index contributed by atoms with van der Waals surface area (Å²) in [6.45, 7) is 3.87. The average Bonchev–Trinajstić information content (AvgIpc) is 2.92. The number of urea groups is 1. The van der Waals surface area contributed by atoms with Gasteiger partial charge in [-0.1, -0.05) is 48.0 Å². The topological polar surface area (TPSA) is 59.0 Å². The molecule has 0 aliphatic rings. The molecule has 3 rings (SSSR count). The Morgan fingerprint density at radius 3 is 2.48 bits per heavy atom. The zero-order valence-electron chi connectivity index (χ0n) is 14.3. The Bertz CT molecular complexity index is 895. The van der Waals surface area contributed by atoms with Crippen molar-refractivity contribution in [2.75, 3.05) is 10.6 Å². The van der Waals surface area contributed by atoms with E-state index in [1.807, 2.05) is 69.4 Å². The molecular weight excluding hydrogens is 336 g/mol. The lowest BCUT2D eigenvalue weighted by Gasteiger charge is -2.11. The predicted octanol–water partition coefficient (Wildman–Crippen LogP) is 5.00. The molecule has 2 aromatic carbocycles. The summed E-state index contributed by atoms with van der Waals surface area (Å²) < 4.78 is 1.73. The third kappa shape index (κ3) is 3.83. The van der Waals surface area contributed by atoms with Gasteiger partial charge in [0, 0.05) is 13.1 Å². The van der Waals surface area contributed by atoms with E-state index in [0.29, 0.717) is 16.5 Å². The molecule has 0 radical (unpaired) electrons. The molecule has 2 N–H and O–H groups in total. The number of benzene rings is 2. The minimum atomic E-state index is -0.383. The van der Waals surface area contributed by atoms with Crippen LogP contribution in [0.3, 0.4) is 0 Å². The Morgan fingerprint density at radius 2 is 1.80 bits per heavy atom. The predicted molar refractivity (Wildman–Crippen MR) is 102 cm³/mol. The van der Waals surface area contributed by atoms with Crippen molar-refractivity contribution in [2.24, 2.45) is 7.05 Å². The second-order valence-electron chi connectivity index (χ2n) is 5.92. The number of halogens is 1.